The van der Waals surface area contributed by atoms with Gasteiger partial charge in [-0.05, 0) is 18.4 Å². The molecule has 2 unspecified atom stereocenters. The molecule has 3 nitrogen and oxygen atoms in total. The zero-order chi connectivity index (χ0) is 11.7. The Morgan fingerprint density at radius 2 is 2.25 bits per heavy atom. The van der Waals surface area contributed by atoms with Crippen LogP contribution in [0.25, 0.3) is 0 Å². The average molecular weight is 261 g/mol. The first kappa shape index (κ1) is 12.0. The Bertz CT molecular complexity index is 386. The fourth-order valence-electron chi connectivity index (χ4n) is 1.88. The number of β-amino-alcohol motifs (C(OH)–C–C–N with tert-alkyl or cyclic N) is 1. The molecule has 0 bridgehead atoms. The van der Waals surface area contributed by atoms with Crippen LogP contribution < -0.4 is 4.90 Å². The monoisotopic (exact) mass is 260 g/mol. The molecule has 0 amide bonds. The van der Waals surface area contributed by atoms with Crippen molar-refractivity contribution in [3.63, 3.8) is 0 Å². The van der Waals surface area contributed by atoms with E-state index in [0.29, 0.717) is 28.3 Å². The first-order valence-electron chi connectivity index (χ1n) is 5.32. The van der Waals surface area contributed by atoms with Crippen LogP contribution in [-0.4, -0.2) is 29.3 Å². The van der Waals surface area contributed by atoms with E-state index in [1.165, 1.54) is 0 Å². The molecule has 1 N–H and O–H groups in total. The summed E-state index contributed by atoms with van der Waals surface area (Å²) in [6.45, 7) is 3.50. The van der Waals surface area contributed by atoms with Gasteiger partial charge in [0.2, 0.25) is 0 Å². The summed E-state index contributed by atoms with van der Waals surface area (Å²) in [4.78, 5) is 6.22. The minimum atomic E-state index is -0.317. The number of hydrogen-bond acceptors (Lipinski definition) is 3. The van der Waals surface area contributed by atoms with Crippen molar-refractivity contribution >= 4 is 29.0 Å². The number of nitrogens with zero attached hydrogens (tertiary/aromatic N) is 2. The van der Waals surface area contributed by atoms with Gasteiger partial charge in [0, 0.05) is 19.3 Å². The molecule has 1 aliphatic rings. The molecular weight excluding hydrogens is 247 g/mol. The number of anilines is 1. The maximum Gasteiger partial charge on any atom is 0.147 e. The first-order valence-corrected chi connectivity index (χ1v) is 6.07. The molecule has 2 atom stereocenters. The SMILES string of the molecule is CC1CCN(c2ncc(Cl)cc2Cl)CC1O. The molecule has 0 spiro atoms. The van der Waals surface area contributed by atoms with Crippen LogP contribution in [0.1, 0.15) is 13.3 Å². The second-order valence-electron chi connectivity index (χ2n) is 4.24. The molecule has 1 aliphatic heterocycles. The fourth-order valence-corrected chi connectivity index (χ4v) is 2.38. The van der Waals surface area contributed by atoms with Crippen molar-refractivity contribution in [1.29, 1.82) is 0 Å². The highest BCUT2D eigenvalue weighted by molar-refractivity contribution is 6.36. The molecule has 88 valence electrons. The number of pyridine rings is 1. The van der Waals surface area contributed by atoms with E-state index in [1.54, 1.807) is 12.3 Å². The number of piperidine rings is 1. The Balaban J connectivity index is 2.18. The predicted molar refractivity (Wildman–Crippen MR) is 66.3 cm³/mol. The smallest absolute Gasteiger partial charge is 0.147 e. The quantitative estimate of drug-likeness (QED) is 0.844. The highest BCUT2D eigenvalue weighted by Gasteiger charge is 2.26. The lowest BCUT2D eigenvalue weighted by Gasteiger charge is -2.35. The molecule has 0 aromatic carbocycles. The zero-order valence-electron chi connectivity index (χ0n) is 9.03. The number of rotatable bonds is 1. The van der Waals surface area contributed by atoms with Gasteiger partial charge in [-0.1, -0.05) is 30.1 Å². The van der Waals surface area contributed by atoms with Gasteiger partial charge in [0.25, 0.3) is 0 Å². The van der Waals surface area contributed by atoms with Gasteiger partial charge < -0.3 is 10.0 Å². The van der Waals surface area contributed by atoms with Crippen LogP contribution in [-0.2, 0) is 0 Å². The summed E-state index contributed by atoms with van der Waals surface area (Å²) < 4.78 is 0. The third-order valence-electron chi connectivity index (χ3n) is 3.01. The van der Waals surface area contributed by atoms with Gasteiger partial charge in [-0.2, -0.15) is 0 Å². The Labute approximate surface area is 105 Å². The van der Waals surface area contributed by atoms with Crippen LogP contribution >= 0.6 is 23.2 Å². The maximum atomic E-state index is 9.82. The summed E-state index contributed by atoms with van der Waals surface area (Å²) in [6.07, 6.45) is 2.21. The third-order valence-corrected chi connectivity index (χ3v) is 3.49. The highest BCUT2D eigenvalue weighted by atomic mass is 35.5. The van der Waals surface area contributed by atoms with Gasteiger partial charge in [-0.3, -0.25) is 0 Å². The maximum absolute atomic E-state index is 9.82. The van der Waals surface area contributed by atoms with Crippen LogP contribution in [0.5, 0.6) is 0 Å². The molecule has 1 saturated heterocycles. The summed E-state index contributed by atoms with van der Waals surface area (Å²) in [5.41, 5.74) is 0. The standard InChI is InChI=1S/C11H14Cl2N2O/c1-7-2-3-15(6-10(7)16)11-9(13)4-8(12)5-14-11/h4-5,7,10,16H,2-3,6H2,1H3. The first-order chi connectivity index (χ1) is 7.58. The molecule has 1 fully saturated rings. The molecule has 16 heavy (non-hydrogen) atoms. The summed E-state index contributed by atoms with van der Waals surface area (Å²) in [5, 5.41) is 10.9. The lowest BCUT2D eigenvalue weighted by Crippen LogP contribution is -2.43. The minimum absolute atomic E-state index is 0.317. The summed E-state index contributed by atoms with van der Waals surface area (Å²) in [6, 6.07) is 1.68. The number of aliphatic hydroxyl groups excluding tert-OH is 1. The number of halogens is 2. The van der Waals surface area contributed by atoms with E-state index >= 15 is 0 Å². The lowest BCUT2D eigenvalue weighted by molar-refractivity contribution is 0.102. The Kier molecular flexibility index (Phi) is 3.57. The molecule has 1 aromatic heterocycles. The zero-order valence-corrected chi connectivity index (χ0v) is 10.5. The van der Waals surface area contributed by atoms with Crippen LogP contribution in [0, 0.1) is 5.92 Å². The van der Waals surface area contributed by atoms with Crippen LogP contribution in [0.3, 0.4) is 0 Å². The molecule has 5 heteroatoms. The molecule has 2 heterocycles. The highest BCUT2D eigenvalue weighted by Crippen LogP contribution is 2.29. The van der Waals surface area contributed by atoms with E-state index in [2.05, 4.69) is 11.9 Å². The van der Waals surface area contributed by atoms with E-state index < -0.39 is 0 Å². The van der Waals surface area contributed by atoms with Crippen molar-refractivity contribution in [2.75, 3.05) is 18.0 Å². The van der Waals surface area contributed by atoms with Crippen molar-refractivity contribution in [3.05, 3.63) is 22.3 Å². The van der Waals surface area contributed by atoms with Crippen LogP contribution in [0.2, 0.25) is 10.0 Å². The Morgan fingerprint density at radius 3 is 2.88 bits per heavy atom. The molecule has 0 radical (unpaired) electrons. The Hall–Kier alpha value is -0.510. The third kappa shape index (κ3) is 2.42. The minimum Gasteiger partial charge on any atom is -0.391 e. The summed E-state index contributed by atoms with van der Waals surface area (Å²) in [5.74, 6) is 1.04. The van der Waals surface area contributed by atoms with Crippen LogP contribution in [0.4, 0.5) is 5.82 Å². The van der Waals surface area contributed by atoms with Crippen molar-refractivity contribution in [1.82, 2.24) is 4.98 Å². The second-order valence-corrected chi connectivity index (χ2v) is 5.08. The number of aliphatic hydroxyl groups is 1. The lowest BCUT2D eigenvalue weighted by atomic mass is 9.96. The number of aromatic nitrogens is 1. The van der Waals surface area contributed by atoms with Gasteiger partial charge in [-0.25, -0.2) is 4.98 Å². The van der Waals surface area contributed by atoms with E-state index in [4.69, 9.17) is 23.2 Å². The van der Waals surface area contributed by atoms with Gasteiger partial charge in [0.05, 0.1) is 16.1 Å². The largest absolute Gasteiger partial charge is 0.391 e. The molecule has 0 saturated carbocycles. The fraction of sp³-hybridized carbons (Fsp3) is 0.545. The summed E-state index contributed by atoms with van der Waals surface area (Å²) >= 11 is 11.9. The van der Waals surface area contributed by atoms with Gasteiger partial charge in [0.1, 0.15) is 5.82 Å². The van der Waals surface area contributed by atoms with Gasteiger partial charge in [0.15, 0.2) is 0 Å². The van der Waals surface area contributed by atoms with Crippen molar-refractivity contribution in [3.8, 4) is 0 Å². The molecule has 0 aliphatic carbocycles. The molecule has 2 rings (SSSR count). The summed E-state index contributed by atoms with van der Waals surface area (Å²) in [7, 11) is 0. The topological polar surface area (TPSA) is 36.4 Å². The van der Waals surface area contributed by atoms with Gasteiger partial charge in [-0.15, -0.1) is 0 Å². The van der Waals surface area contributed by atoms with Crippen molar-refractivity contribution < 1.29 is 5.11 Å². The van der Waals surface area contributed by atoms with E-state index in [-0.39, 0.29) is 6.10 Å². The van der Waals surface area contributed by atoms with Crippen molar-refractivity contribution in [2.24, 2.45) is 5.92 Å². The van der Waals surface area contributed by atoms with Gasteiger partial charge >= 0.3 is 0 Å². The predicted octanol–water partition coefficient (Wildman–Crippen LogP) is 2.60. The van der Waals surface area contributed by atoms with E-state index in [0.717, 1.165) is 13.0 Å². The average Bonchev–Trinajstić information content (AvgIpc) is 2.22. The normalized spacial score (nSPS) is 25.9. The molecular formula is C11H14Cl2N2O. The van der Waals surface area contributed by atoms with Crippen molar-refractivity contribution in [2.45, 2.75) is 19.4 Å². The Morgan fingerprint density at radius 1 is 1.50 bits per heavy atom. The number of hydrogen-bond donors (Lipinski definition) is 1. The van der Waals surface area contributed by atoms with E-state index in [1.807, 2.05) is 4.90 Å². The van der Waals surface area contributed by atoms with Crippen LogP contribution in [0.15, 0.2) is 12.3 Å². The molecule has 1 aromatic rings. The van der Waals surface area contributed by atoms with E-state index in [9.17, 15) is 5.11 Å². The second kappa shape index (κ2) is 4.78.